The van der Waals surface area contributed by atoms with Crippen LogP contribution in [-0.2, 0) is 13.2 Å². The van der Waals surface area contributed by atoms with Crippen molar-refractivity contribution in [2.24, 2.45) is 0 Å². The summed E-state index contributed by atoms with van der Waals surface area (Å²) in [6.45, 7) is -0.532. The number of aliphatic hydroxyl groups excluding tert-OH is 1. The number of hydrogen-bond acceptors (Lipinski definition) is 3. The average molecular weight is 275 g/mol. The van der Waals surface area contributed by atoms with Gasteiger partial charge in [0.2, 0.25) is 0 Å². The minimum absolute atomic E-state index is 0.0943. The van der Waals surface area contributed by atoms with Crippen LogP contribution in [0.15, 0.2) is 36.4 Å². The summed E-state index contributed by atoms with van der Waals surface area (Å²) in [7, 11) is 0. The molecule has 0 radical (unpaired) electrons. The second kappa shape index (κ2) is 6.13. The number of nitrogens with zero attached hydrogens (tertiary/aromatic N) is 1. The Morgan fingerprint density at radius 2 is 1.95 bits per heavy atom. The molecule has 5 heteroatoms. The predicted octanol–water partition coefficient (Wildman–Crippen LogP) is 2.91. The van der Waals surface area contributed by atoms with Crippen LogP contribution in [0.2, 0.25) is 0 Å². The van der Waals surface area contributed by atoms with Gasteiger partial charge in [0.25, 0.3) is 0 Å². The highest BCUT2D eigenvalue weighted by Crippen LogP contribution is 2.24. The molecule has 102 valence electrons. The van der Waals surface area contributed by atoms with E-state index in [1.165, 1.54) is 30.3 Å². The highest BCUT2D eigenvalue weighted by Gasteiger charge is 2.11. The molecule has 0 heterocycles. The molecule has 0 saturated heterocycles. The molecular formula is C15H11F2NO2. The molecule has 0 unspecified atom stereocenters. The van der Waals surface area contributed by atoms with Crippen LogP contribution in [0.3, 0.4) is 0 Å². The van der Waals surface area contributed by atoms with Crippen LogP contribution in [0.25, 0.3) is 0 Å². The third-order valence-corrected chi connectivity index (χ3v) is 2.78. The zero-order valence-electron chi connectivity index (χ0n) is 10.4. The van der Waals surface area contributed by atoms with Crippen molar-refractivity contribution in [1.29, 1.82) is 5.26 Å². The van der Waals surface area contributed by atoms with Crippen molar-refractivity contribution in [2.45, 2.75) is 13.2 Å². The van der Waals surface area contributed by atoms with Gasteiger partial charge in [0.05, 0.1) is 18.2 Å². The molecule has 1 N–H and O–H groups in total. The molecule has 0 saturated carbocycles. The Morgan fingerprint density at radius 3 is 2.65 bits per heavy atom. The Hall–Kier alpha value is -2.45. The van der Waals surface area contributed by atoms with Gasteiger partial charge in [0.15, 0.2) is 11.6 Å². The third kappa shape index (κ3) is 2.92. The maximum atomic E-state index is 13.6. The maximum Gasteiger partial charge on any atom is 0.165 e. The third-order valence-electron chi connectivity index (χ3n) is 2.78. The van der Waals surface area contributed by atoms with E-state index in [1.54, 1.807) is 0 Å². The van der Waals surface area contributed by atoms with E-state index in [-0.39, 0.29) is 24.5 Å². The minimum atomic E-state index is -0.619. The smallest absolute Gasteiger partial charge is 0.165 e. The normalized spacial score (nSPS) is 10.1. The van der Waals surface area contributed by atoms with Gasteiger partial charge < -0.3 is 9.84 Å². The number of para-hydroxylation sites is 1. The lowest BCUT2D eigenvalue weighted by Crippen LogP contribution is -2.03. The summed E-state index contributed by atoms with van der Waals surface area (Å²) < 4.78 is 32.1. The largest absolute Gasteiger partial charge is 0.485 e. The lowest BCUT2D eigenvalue weighted by Gasteiger charge is -2.11. The number of rotatable bonds is 4. The van der Waals surface area contributed by atoms with Crippen molar-refractivity contribution in [3.63, 3.8) is 0 Å². The lowest BCUT2D eigenvalue weighted by atomic mass is 10.1. The zero-order chi connectivity index (χ0) is 14.5. The molecule has 2 aromatic carbocycles. The van der Waals surface area contributed by atoms with Crippen LogP contribution in [0, 0.1) is 23.0 Å². The number of halogens is 2. The Labute approximate surface area is 114 Å². The molecule has 20 heavy (non-hydrogen) atoms. The molecule has 0 aliphatic heterocycles. The molecule has 2 rings (SSSR count). The quantitative estimate of drug-likeness (QED) is 0.933. The van der Waals surface area contributed by atoms with Crippen LogP contribution in [0.5, 0.6) is 5.75 Å². The maximum absolute atomic E-state index is 13.6. The number of benzene rings is 2. The van der Waals surface area contributed by atoms with Gasteiger partial charge in [-0.1, -0.05) is 12.1 Å². The summed E-state index contributed by atoms with van der Waals surface area (Å²) in [6, 6.07) is 9.76. The standard InChI is InChI=1S/C15H11F2NO2/c16-13-5-4-10(7-18)12(6-13)9-20-15-11(8-19)2-1-3-14(15)17/h1-6,19H,8-9H2. The van der Waals surface area contributed by atoms with Crippen molar-refractivity contribution in [3.05, 3.63) is 64.7 Å². The van der Waals surface area contributed by atoms with Gasteiger partial charge in [-0.2, -0.15) is 5.26 Å². The minimum Gasteiger partial charge on any atom is -0.485 e. The van der Waals surface area contributed by atoms with Crippen LogP contribution in [-0.4, -0.2) is 5.11 Å². The van der Waals surface area contributed by atoms with Crippen molar-refractivity contribution < 1.29 is 18.6 Å². The first-order chi connectivity index (χ1) is 9.65. The zero-order valence-corrected chi connectivity index (χ0v) is 10.4. The molecule has 0 aliphatic carbocycles. The van der Waals surface area contributed by atoms with Gasteiger partial charge in [-0.3, -0.25) is 0 Å². The van der Waals surface area contributed by atoms with E-state index in [4.69, 9.17) is 15.1 Å². The van der Waals surface area contributed by atoms with E-state index in [0.29, 0.717) is 11.1 Å². The van der Waals surface area contributed by atoms with Crippen LogP contribution in [0.4, 0.5) is 8.78 Å². The molecule has 0 bridgehead atoms. The summed E-state index contributed by atoms with van der Waals surface area (Å²) in [5, 5.41) is 18.0. The first kappa shape index (κ1) is 14.0. The van der Waals surface area contributed by atoms with Crippen LogP contribution in [0.1, 0.15) is 16.7 Å². The highest BCUT2D eigenvalue weighted by atomic mass is 19.1. The number of ether oxygens (including phenoxy) is 1. The van der Waals surface area contributed by atoms with E-state index in [1.807, 2.05) is 6.07 Å². The number of nitriles is 1. The lowest BCUT2D eigenvalue weighted by molar-refractivity contribution is 0.251. The molecular weight excluding hydrogens is 264 g/mol. The van der Waals surface area contributed by atoms with Crippen molar-refractivity contribution in [2.75, 3.05) is 0 Å². The van der Waals surface area contributed by atoms with Gasteiger partial charge in [0.1, 0.15) is 12.4 Å². The molecule has 0 amide bonds. The van der Waals surface area contributed by atoms with E-state index >= 15 is 0 Å². The highest BCUT2D eigenvalue weighted by molar-refractivity contribution is 5.39. The van der Waals surface area contributed by atoms with Crippen molar-refractivity contribution >= 4 is 0 Å². The fraction of sp³-hybridized carbons (Fsp3) is 0.133. The Balaban J connectivity index is 2.26. The summed E-state index contributed by atoms with van der Waals surface area (Å²) >= 11 is 0. The Kier molecular flexibility index (Phi) is 4.28. The SMILES string of the molecule is N#Cc1ccc(F)cc1COc1c(F)cccc1CO. The number of aliphatic hydroxyl groups is 1. The fourth-order valence-electron chi connectivity index (χ4n) is 1.78. The van der Waals surface area contributed by atoms with E-state index in [9.17, 15) is 8.78 Å². The molecule has 3 nitrogen and oxygen atoms in total. The summed E-state index contributed by atoms with van der Waals surface area (Å²) in [4.78, 5) is 0. The molecule has 0 aliphatic rings. The summed E-state index contributed by atoms with van der Waals surface area (Å²) in [5.74, 6) is -1.21. The molecule has 2 aromatic rings. The Bertz CT molecular complexity index is 665. The fourth-order valence-corrected chi connectivity index (χ4v) is 1.78. The topological polar surface area (TPSA) is 53.2 Å². The van der Waals surface area contributed by atoms with Gasteiger partial charge in [-0.05, 0) is 24.3 Å². The molecule has 0 atom stereocenters. The van der Waals surface area contributed by atoms with Crippen LogP contribution < -0.4 is 4.74 Å². The van der Waals surface area contributed by atoms with Gasteiger partial charge in [-0.15, -0.1) is 0 Å². The number of hydrogen-bond donors (Lipinski definition) is 1. The van der Waals surface area contributed by atoms with Crippen molar-refractivity contribution in [1.82, 2.24) is 0 Å². The van der Waals surface area contributed by atoms with E-state index in [0.717, 1.165) is 6.07 Å². The van der Waals surface area contributed by atoms with Crippen LogP contribution >= 0.6 is 0 Å². The average Bonchev–Trinajstić information content (AvgIpc) is 2.46. The predicted molar refractivity (Wildman–Crippen MR) is 67.8 cm³/mol. The molecule has 0 fully saturated rings. The second-order valence-corrected chi connectivity index (χ2v) is 4.09. The first-order valence-corrected chi connectivity index (χ1v) is 5.85. The van der Waals surface area contributed by atoms with Crippen molar-refractivity contribution in [3.8, 4) is 11.8 Å². The first-order valence-electron chi connectivity index (χ1n) is 5.85. The molecule has 0 aromatic heterocycles. The van der Waals surface area contributed by atoms with Gasteiger partial charge in [-0.25, -0.2) is 8.78 Å². The second-order valence-electron chi connectivity index (χ2n) is 4.09. The van der Waals surface area contributed by atoms with E-state index in [2.05, 4.69) is 0 Å². The monoisotopic (exact) mass is 275 g/mol. The Morgan fingerprint density at radius 1 is 1.15 bits per heavy atom. The van der Waals surface area contributed by atoms with E-state index < -0.39 is 11.6 Å². The summed E-state index contributed by atoms with van der Waals surface area (Å²) in [5.41, 5.74) is 0.868. The van der Waals surface area contributed by atoms with Gasteiger partial charge >= 0.3 is 0 Å². The molecule has 0 spiro atoms. The van der Waals surface area contributed by atoms with Gasteiger partial charge in [0, 0.05) is 11.1 Å². The summed E-state index contributed by atoms with van der Waals surface area (Å²) in [6.07, 6.45) is 0.